The molecular weight excluding hydrogens is 214 g/mol. The van der Waals surface area contributed by atoms with Gasteiger partial charge in [-0.05, 0) is 13.0 Å². The van der Waals surface area contributed by atoms with Crippen molar-refractivity contribution in [3.8, 4) is 0 Å². The molecule has 2 atom stereocenters. The molecule has 1 fully saturated rings. The van der Waals surface area contributed by atoms with Crippen molar-refractivity contribution in [2.24, 2.45) is 0 Å². The predicted octanol–water partition coefficient (Wildman–Crippen LogP) is -1.14. The fraction of sp³-hybridized carbons (Fsp3) is 0.556. The highest BCUT2D eigenvalue weighted by Gasteiger charge is 2.39. The SMILES string of the molecule is CC1(n2ccc(N)nc2=O)CO[C@@H](CO)O1. The van der Waals surface area contributed by atoms with Crippen LogP contribution in [-0.2, 0) is 15.2 Å². The maximum atomic E-state index is 11.6. The number of aliphatic hydroxyl groups is 1. The molecule has 0 aliphatic carbocycles. The molecule has 1 aliphatic rings. The summed E-state index contributed by atoms with van der Waals surface area (Å²) >= 11 is 0. The van der Waals surface area contributed by atoms with Crippen molar-refractivity contribution < 1.29 is 14.6 Å². The van der Waals surface area contributed by atoms with E-state index in [2.05, 4.69) is 4.98 Å². The van der Waals surface area contributed by atoms with E-state index in [4.69, 9.17) is 20.3 Å². The van der Waals surface area contributed by atoms with Crippen molar-refractivity contribution in [2.75, 3.05) is 18.9 Å². The summed E-state index contributed by atoms with van der Waals surface area (Å²) in [4.78, 5) is 15.2. The van der Waals surface area contributed by atoms with Gasteiger partial charge < -0.3 is 20.3 Å². The first kappa shape index (κ1) is 11.1. The summed E-state index contributed by atoms with van der Waals surface area (Å²) in [6.45, 7) is 1.60. The Labute approximate surface area is 91.4 Å². The second kappa shape index (κ2) is 3.85. The molecule has 16 heavy (non-hydrogen) atoms. The molecule has 7 heteroatoms. The van der Waals surface area contributed by atoms with Gasteiger partial charge in [0.2, 0.25) is 0 Å². The molecule has 1 unspecified atom stereocenters. The first-order valence-electron chi connectivity index (χ1n) is 4.81. The van der Waals surface area contributed by atoms with E-state index >= 15 is 0 Å². The van der Waals surface area contributed by atoms with Crippen molar-refractivity contribution in [3.63, 3.8) is 0 Å². The molecule has 0 saturated carbocycles. The first-order chi connectivity index (χ1) is 7.55. The summed E-state index contributed by atoms with van der Waals surface area (Å²) in [5, 5.41) is 8.89. The number of nitrogen functional groups attached to an aromatic ring is 1. The van der Waals surface area contributed by atoms with Crippen LogP contribution in [0.4, 0.5) is 5.82 Å². The normalized spacial score (nSPS) is 29.5. The zero-order valence-corrected chi connectivity index (χ0v) is 8.79. The van der Waals surface area contributed by atoms with Crippen LogP contribution in [0.15, 0.2) is 17.1 Å². The molecule has 0 amide bonds. The quantitative estimate of drug-likeness (QED) is 0.662. The number of anilines is 1. The van der Waals surface area contributed by atoms with Gasteiger partial charge in [-0.15, -0.1) is 0 Å². The summed E-state index contributed by atoms with van der Waals surface area (Å²) in [6, 6.07) is 1.50. The molecule has 3 N–H and O–H groups in total. The minimum absolute atomic E-state index is 0.155. The van der Waals surface area contributed by atoms with Gasteiger partial charge in [0, 0.05) is 6.20 Å². The molecule has 1 saturated heterocycles. The van der Waals surface area contributed by atoms with Crippen LogP contribution in [0.2, 0.25) is 0 Å². The molecule has 0 aromatic carbocycles. The summed E-state index contributed by atoms with van der Waals surface area (Å²) in [5.41, 5.74) is 3.92. The van der Waals surface area contributed by atoms with Gasteiger partial charge in [0.05, 0.1) is 13.2 Å². The van der Waals surface area contributed by atoms with Crippen LogP contribution in [0.5, 0.6) is 0 Å². The number of aliphatic hydroxyl groups excluding tert-OH is 1. The van der Waals surface area contributed by atoms with Crippen LogP contribution in [-0.4, -0.2) is 34.2 Å². The molecule has 88 valence electrons. The van der Waals surface area contributed by atoms with Gasteiger partial charge in [0.1, 0.15) is 5.82 Å². The molecule has 2 rings (SSSR count). The number of aromatic nitrogens is 2. The largest absolute Gasteiger partial charge is 0.391 e. The van der Waals surface area contributed by atoms with E-state index in [9.17, 15) is 4.79 Å². The highest BCUT2D eigenvalue weighted by Crippen LogP contribution is 2.26. The maximum absolute atomic E-state index is 11.6. The Hall–Kier alpha value is -1.44. The Morgan fingerprint density at radius 1 is 1.81 bits per heavy atom. The molecule has 1 aromatic heterocycles. The predicted molar refractivity (Wildman–Crippen MR) is 54.5 cm³/mol. The first-order valence-corrected chi connectivity index (χ1v) is 4.81. The molecular formula is C9H13N3O4. The number of nitrogens with two attached hydrogens (primary N) is 1. The minimum atomic E-state index is -0.953. The third kappa shape index (κ3) is 1.80. The van der Waals surface area contributed by atoms with Crippen molar-refractivity contribution in [2.45, 2.75) is 18.9 Å². The van der Waals surface area contributed by atoms with Crippen LogP contribution < -0.4 is 11.4 Å². The Morgan fingerprint density at radius 2 is 2.56 bits per heavy atom. The second-order valence-corrected chi connectivity index (χ2v) is 3.72. The average Bonchev–Trinajstić information content (AvgIpc) is 2.61. The molecule has 1 aromatic rings. The molecule has 0 radical (unpaired) electrons. The van der Waals surface area contributed by atoms with Crippen molar-refractivity contribution in [3.05, 3.63) is 22.7 Å². The smallest absolute Gasteiger partial charge is 0.351 e. The van der Waals surface area contributed by atoms with E-state index < -0.39 is 17.7 Å². The highest BCUT2D eigenvalue weighted by atomic mass is 16.7. The van der Waals surface area contributed by atoms with Gasteiger partial charge >= 0.3 is 5.69 Å². The number of hydrogen-bond donors (Lipinski definition) is 2. The summed E-state index contributed by atoms with van der Waals surface area (Å²) in [5.74, 6) is 0.155. The zero-order chi connectivity index (χ0) is 11.8. The van der Waals surface area contributed by atoms with E-state index in [1.54, 1.807) is 6.92 Å². The van der Waals surface area contributed by atoms with Gasteiger partial charge in [-0.25, -0.2) is 4.79 Å². The van der Waals surface area contributed by atoms with Crippen LogP contribution >= 0.6 is 0 Å². The monoisotopic (exact) mass is 227 g/mol. The van der Waals surface area contributed by atoms with Crippen LogP contribution in [0.3, 0.4) is 0 Å². The van der Waals surface area contributed by atoms with Gasteiger partial charge in [-0.2, -0.15) is 4.98 Å². The van der Waals surface area contributed by atoms with E-state index in [0.717, 1.165) is 0 Å². The van der Waals surface area contributed by atoms with Gasteiger partial charge in [-0.3, -0.25) is 4.57 Å². The van der Waals surface area contributed by atoms with Gasteiger partial charge in [0.15, 0.2) is 12.0 Å². The summed E-state index contributed by atoms with van der Waals surface area (Å²) in [7, 11) is 0. The van der Waals surface area contributed by atoms with Crippen molar-refractivity contribution >= 4 is 5.82 Å². The van der Waals surface area contributed by atoms with Crippen molar-refractivity contribution in [1.29, 1.82) is 0 Å². The summed E-state index contributed by atoms with van der Waals surface area (Å²) < 4.78 is 11.9. The fourth-order valence-corrected chi connectivity index (χ4v) is 1.59. The average molecular weight is 227 g/mol. The van der Waals surface area contributed by atoms with Gasteiger partial charge in [-0.1, -0.05) is 0 Å². The summed E-state index contributed by atoms with van der Waals surface area (Å²) in [6.07, 6.45) is 0.780. The van der Waals surface area contributed by atoms with E-state index in [0.29, 0.717) is 0 Å². The fourth-order valence-electron chi connectivity index (χ4n) is 1.59. The van der Waals surface area contributed by atoms with Crippen LogP contribution in [0, 0.1) is 0 Å². The topological polar surface area (TPSA) is 99.6 Å². The van der Waals surface area contributed by atoms with Gasteiger partial charge in [0.25, 0.3) is 0 Å². The third-order valence-corrected chi connectivity index (χ3v) is 2.41. The third-order valence-electron chi connectivity index (χ3n) is 2.41. The molecule has 0 bridgehead atoms. The lowest BCUT2D eigenvalue weighted by molar-refractivity contribution is -0.134. The number of hydrogen-bond acceptors (Lipinski definition) is 6. The Bertz CT molecular complexity index is 447. The lowest BCUT2D eigenvalue weighted by atomic mass is 10.3. The van der Waals surface area contributed by atoms with Crippen LogP contribution in [0.25, 0.3) is 0 Å². The Balaban J connectivity index is 2.34. The van der Waals surface area contributed by atoms with E-state index in [1.165, 1.54) is 16.8 Å². The maximum Gasteiger partial charge on any atom is 0.351 e. The molecule has 1 aliphatic heterocycles. The molecule has 7 nitrogen and oxygen atoms in total. The van der Waals surface area contributed by atoms with Crippen LogP contribution in [0.1, 0.15) is 6.92 Å². The molecule has 0 spiro atoms. The minimum Gasteiger partial charge on any atom is -0.391 e. The number of ether oxygens (including phenoxy) is 2. The Morgan fingerprint density at radius 3 is 3.12 bits per heavy atom. The lowest BCUT2D eigenvalue weighted by Gasteiger charge is -2.24. The van der Waals surface area contributed by atoms with E-state index in [1.807, 2.05) is 0 Å². The number of nitrogens with zero attached hydrogens (tertiary/aromatic N) is 2. The molecule has 2 heterocycles. The Kier molecular flexibility index (Phi) is 2.66. The van der Waals surface area contributed by atoms with Crippen molar-refractivity contribution in [1.82, 2.24) is 9.55 Å². The second-order valence-electron chi connectivity index (χ2n) is 3.72. The number of rotatable bonds is 2. The lowest BCUT2D eigenvalue weighted by Crippen LogP contribution is -2.42. The highest BCUT2D eigenvalue weighted by molar-refractivity contribution is 5.23. The van der Waals surface area contributed by atoms with E-state index in [-0.39, 0.29) is 19.0 Å². The standard InChI is InChI=1S/C9H13N3O4/c1-9(5-15-7(4-13)16-9)12-3-2-6(10)11-8(12)14/h2-3,7,13H,4-5H2,1H3,(H2,10,11,14)/t7-,9?/m1/s1. The zero-order valence-electron chi connectivity index (χ0n) is 8.79.